The smallest absolute Gasteiger partial charge is 0.279 e. The fourth-order valence-electron chi connectivity index (χ4n) is 3.42. The molecule has 0 aliphatic carbocycles. The summed E-state index contributed by atoms with van der Waals surface area (Å²) in [5, 5.41) is 8.99. The monoisotopic (exact) mass is 358 g/mol. The van der Waals surface area contributed by atoms with E-state index in [0.29, 0.717) is 29.0 Å². The van der Waals surface area contributed by atoms with Crippen LogP contribution in [0.4, 0.5) is 21.9 Å². The Morgan fingerprint density at radius 1 is 1.07 bits per heavy atom. The molecule has 3 rings (SSSR count). The third kappa shape index (κ3) is 2.92. The summed E-state index contributed by atoms with van der Waals surface area (Å²) in [7, 11) is 0. The van der Waals surface area contributed by atoms with Gasteiger partial charge in [-0.05, 0) is 49.7 Å². The van der Waals surface area contributed by atoms with Crippen molar-refractivity contribution in [1.29, 1.82) is 5.26 Å². The molecule has 6 heteroatoms. The number of hydrogen-bond donors (Lipinski definition) is 0. The predicted molar refractivity (Wildman–Crippen MR) is 103 cm³/mol. The van der Waals surface area contributed by atoms with Crippen molar-refractivity contribution in [2.24, 2.45) is 0 Å². The minimum atomic E-state index is -1.02. The van der Waals surface area contributed by atoms with Crippen molar-refractivity contribution in [3.63, 3.8) is 0 Å². The van der Waals surface area contributed by atoms with E-state index in [0.717, 1.165) is 6.42 Å². The quantitative estimate of drug-likeness (QED) is 0.590. The maximum Gasteiger partial charge on any atom is 0.336 e. The Kier molecular flexibility index (Phi) is 4.66. The first kappa shape index (κ1) is 18.2. The van der Waals surface area contributed by atoms with E-state index in [1.165, 1.54) is 9.80 Å². The highest BCUT2D eigenvalue weighted by molar-refractivity contribution is 6.30. The van der Waals surface area contributed by atoms with Crippen LogP contribution in [0, 0.1) is 17.9 Å². The van der Waals surface area contributed by atoms with E-state index in [2.05, 4.69) is 10.9 Å². The SMILES string of the molecule is [C-]#[N+]c1ccc(N2C(=O)N(c3ccc(C#N)cc3)C(C)(CCC)C2=O)cc1. The summed E-state index contributed by atoms with van der Waals surface area (Å²) in [5.41, 5.74) is 0.927. The van der Waals surface area contributed by atoms with Gasteiger partial charge in [-0.1, -0.05) is 25.5 Å². The van der Waals surface area contributed by atoms with Gasteiger partial charge in [0, 0.05) is 5.69 Å². The van der Waals surface area contributed by atoms with Crippen molar-refractivity contribution in [2.45, 2.75) is 32.2 Å². The highest BCUT2D eigenvalue weighted by atomic mass is 16.2. The van der Waals surface area contributed by atoms with Crippen molar-refractivity contribution in [3.8, 4) is 6.07 Å². The molecule has 1 unspecified atom stereocenters. The van der Waals surface area contributed by atoms with Crippen molar-refractivity contribution >= 4 is 29.0 Å². The van der Waals surface area contributed by atoms with Crippen LogP contribution in [0.3, 0.4) is 0 Å². The molecule has 1 heterocycles. The average Bonchev–Trinajstić information content (AvgIpc) is 2.88. The summed E-state index contributed by atoms with van der Waals surface area (Å²) >= 11 is 0. The van der Waals surface area contributed by atoms with Gasteiger partial charge in [-0.15, -0.1) is 0 Å². The van der Waals surface area contributed by atoms with E-state index < -0.39 is 11.6 Å². The third-order valence-electron chi connectivity index (χ3n) is 4.77. The van der Waals surface area contributed by atoms with E-state index in [-0.39, 0.29) is 5.91 Å². The molecule has 1 atom stereocenters. The van der Waals surface area contributed by atoms with E-state index in [9.17, 15) is 9.59 Å². The predicted octanol–water partition coefficient (Wildman–Crippen LogP) is 4.64. The van der Waals surface area contributed by atoms with Crippen LogP contribution in [-0.2, 0) is 4.79 Å². The normalized spacial score (nSPS) is 19.1. The first-order valence-electron chi connectivity index (χ1n) is 8.62. The van der Waals surface area contributed by atoms with Crippen molar-refractivity contribution in [1.82, 2.24) is 0 Å². The molecule has 6 nitrogen and oxygen atoms in total. The number of urea groups is 1. The highest BCUT2D eigenvalue weighted by Crippen LogP contribution is 2.39. The van der Waals surface area contributed by atoms with Crippen LogP contribution in [0.5, 0.6) is 0 Å². The van der Waals surface area contributed by atoms with E-state index >= 15 is 0 Å². The van der Waals surface area contributed by atoms with Gasteiger partial charge < -0.3 is 0 Å². The lowest BCUT2D eigenvalue weighted by atomic mass is 9.93. The Morgan fingerprint density at radius 2 is 1.67 bits per heavy atom. The summed E-state index contributed by atoms with van der Waals surface area (Å²) in [6.45, 7) is 10.8. The molecule has 1 aliphatic rings. The Morgan fingerprint density at radius 3 is 2.19 bits per heavy atom. The minimum Gasteiger partial charge on any atom is -0.279 e. The fraction of sp³-hybridized carbons (Fsp3) is 0.238. The molecule has 0 N–H and O–H groups in total. The van der Waals surface area contributed by atoms with Crippen LogP contribution < -0.4 is 9.80 Å². The Hall–Kier alpha value is -3.64. The molecule has 0 radical (unpaired) electrons. The van der Waals surface area contributed by atoms with E-state index in [4.69, 9.17) is 11.8 Å². The molecule has 1 fully saturated rings. The van der Waals surface area contributed by atoms with Crippen molar-refractivity contribution in [2.75, 3.05) is 9.80 Å². The Bertz CT molecular complexity index is 967. The highest BCUT2D eigenvalue weighted by Gasteiger charge is 2.54. The molecule has 2 aromatic carbocycles. The molecule has 0 bridgehead atoms. The molecular formula is C21H18N4O2. The van der Waals surface area contributed by atoms with Crippen LogP contribution in [-0.4, -0.2) is 17.5 Å². The topological polar surface area (TPSA) is 68.8 Å². The standard InChI is InChI=1S/C21H18N4O2/c1-4-13-21(2)19(26)24(17-11-7-16(23-3)8-12-17)20(27)25(21)18-9-5-15(14-22)6-10-18/h5-12H,4,13H2,1-2H3. The summed E-state index contributed by atoms with van der Waals surface area (Å²) in [5.74, 6) is -0.297. The van der Waals surface area contributed by atoms with Gasteiger partial charge in [0.05, 0.1) is 23.9 Å². The molecule has 27 heavy (non-hydrogen) atoms. The first-order valence-corrected chi connectivity index (χ1v) is 8.62. The summed E-state index contributed by atoms with van der Waals surface area (Å²) in [6.07, 6.45) is 1.24. The van der Waals surface area contributed by atoms with Gasteiger partial charge in [-0.2, -0.15) is 5.26 Å². The zero-order valence-corrected chi connectivity index (χ0v) is 15.1. The number of imide groups is 1. The summed E-state index contributed by atoms with van der Waals surface area (Å²) in [4.78, 5) is 32.5. The number of carbonyl (C=O) groups excluding carboxylic acids is 2. The molecule has 0 saturated carbocycles. The van der Waals surface area contributed by atoms with Gasteiger partial charge in [0.15, 0.2) is 5.69 Å². The molecule has 1 aliphatic heterocycles. The molecule has 2 aromatic rings. The van der Waals surface area contributed by atoms with Crippen LogP contribution in [0.1, 0.15) is 32.3 Å². The molecule has 0 aromatic heterocycles. The molecule has 0 spiro atoms. The first-order chi connectivity index (χ1) is 13.0. The van der Waals surface area contributed by atoms with Crippen LogP contribution >= 0.6 is 0 Å². The largest absolute Gasteiger partial charge is 0.336 e. The zero-order valence-electron chi connectivity index (χ0n) is 15.1. The average molecular weight is 358 g/mol. The zero-order chi connectivity index (χ0) is 19.6. The van der Waals surface area contributed by atoms with Crippen LogP contribution in [0.25, 0.3) is 4.85 Å². The van der Waals surface area contributed by atoms with Gasteiger partial charge in [-0.3, -0.25) is 9.69 Å². The lowest BCUT2D eigenvalue weighted by Gasteiger charge is -2.31. The molecular weight excluding hydrogens is 340 g/mol. The van der Waals surface area contributed by atoms with E-state index in [1.54, 1.807) is 55.5 Å². The minimum absolute atomic E-state index is 0.297. The summed E-state index contributed by atoms with van der Waals surface area (Å²) < 4.78 is 0. The number of carbonyl (C=O) groups is 2. The Labute approximate surface area is 158 Å². The second-order valence-corrected chi connectivity index (χ2v) is 6.57. The van der Waals surface area contributed by atoms with Crippen molar-refractivity contribution < 1.29 is 9.59 Å². The maximum atomic E-state index is 13.2. The van der Waals surface area contributed by atoms with Gasteiger partial charge in [0.2, 0.25) is 0 Å². The van der Waals surface area contributed by atoms with Crippen LogP contribution in [0.2, 0.25) is 0 Å². The number of nitrogens with zero attached hydrogens (tertiary/aromatic N) is 4. The lowest BCUT2D eigenvalue weighted by molar-refractivity contribution is -0.121. The number of hydrogen-bond acceptors (Lipinski definition) is 3. The van der Waals surface area contributed by atoms with E-state index in [1.807, 2.05) is 6.92 Å². The summed E-state index contributed by atoms with van der Waals surface area (Å²) in [6, 6.07) is 14.6. The fourth-order valence-corrected chi connectivity index (χ4v) is 3.42. The molecule has 3 amide bonds. The van der Waals surface area contributed by atoms with Crippen LogP contribution in [0.15, 0.2) is 48.5 Å². The van der Waals surface area contributed by atoms with Gasteiger partial charge >= 0.3 is 6.03 Å². The molecule has 1 saturated heterocycles. The van der Waals surface area contributed by atoms with Crippen molar-refractivity contribution in [3.05, 3.63) is 65.5 Å². The van der Waals surface area contributed by atoms with Gasteiger partial charge in [-0.25, -0.2) is 14.5 Å². The number of anilines is 2. The maximum absolute atomic E-state index is 13.2. The number of rotatable bonds is 4. The second kappa shape index (κ2) is 6.93. The number of benzene rings is 2. The number of amides is 3. The second-order valence-electron chi connectivity index (χ2n) is 6.57. The molecule has 134 valence electrons. The number of nitriles is 1. The Balaban J connectivity index is 2.08. The lowest BCUT2D eigenvalue weighted by Crippen LogP contribution is -2.47. The third-order valence-corrected chi connectivity index (χ3v) is 4.77. The van der Waals surface area contributed by atoms with Gasteiger partial charge in [0.1, 0.15) is 5.54 Å². The van der Waals surface area contributed by atoms with Gasteiger partial charge in [0.25, 0.3) is 5.91 Å².